The van der Waals surface area contributed by atoms with Crippen LogP contribution in [0.25, 0.3) is 0 Å². The molecule has 0 aliphatic carbocycles. The third kappa shape index (κ3) is 4.21. The van der Waals surface area contributed by atoms with Crippen LogP contribution in [-0.4, -0.2) is 40.7 Å². The van der Waals surface area contributed by atoms with Gasteiger partial charge in [0.25, 0.3) is 0 Å². The van der Waals surface area contributed by atoms with E-state index in [-0.39, 0.29) is 17.1 Å². The lowest BCUT2D eigenvalue weighted by Crippen LogP contribution is -2.31. The standard InChI is InChI=1S/C12H17NO4S2/c1-12(2,3)19(16,17)8-7-18-10-9(11(14)15)5-4-6-13-10/h4-6H,7-8H2,1-3H3,(H,14,15). The molecule has 5 nitrogen and oxygen atoms in total. The Morgan fingerprint density at radius 1 is 1.42 bits per heavy atom. The van der Waals surface area contributed by atoms with Gasteiger partial charge >= 0.3 is 5.97 Å². The quantitative estimate of drug-likeness (QED) is 0.838. The van der Waals surface area contributed by atoms with Crippen LogP contribution in [0, 0.1) is 0 Å². The first-order valence-electron chi connectivity index (χ1n) is 5.68. The van der Waals surface area contributed by atoms with Gasteiger partial charge in [0.05, 0.1) is 16.1 Å². The number of carbonyl (C=O) groups is 1. The van der Waals surface area contributed by atoms with Crippen LogP contribution in [0.4, 0.5) is 0 Å². The van der Waals surface area contributed by atoms with E-state index >= 15 is 0 Å². The summed E-state index contributed by atoms with van der Waals surface area (Å²) in [6.45, 7) is 4.95. The summed E-state index contributed by atoms with van der Waals surface area (Å²) in [6.07, 6.45) is 1.49. The molecule has 1 aromatic rings. The van der Waals surface area contributed by atoms with Gasteiger partial charge in [-0.2, -0.15) is 0 Å². The number of hydrogen-bond acceptors (Lipinski definition) is 5. The predicted molar refractivity (Wildman–Crippen MR) is 75.5 cm³/mol. The number of aromatic carboxylic acids is 1. The maximum absolute atomic E-state index is 11.9. The van der Waals surface area contributed by atoms with E-state index in [0.717, 1.165) is 11.8 Å². The second kappa shape index (κ2) is 5.92. The first-order chi connectivity index (χ1) is 8.65. The first kappa shape index (κ1) is 16.0. The van der Waals surface area contributed by atoms with Gasteiger partial charge in [-0.25, -0.2) is 18.2 Å². The summed E-state index contributed by atoms with van der Waals surface area (Å²) >= 11 is 1.15. The van der Waals surface area contributed by atoms with E-state index in [4.69, 9.17) is 5.11 Å². The molecule has 1 N–H and O–H groups in total. The van der Waals surface area contributed by atoms with E-state index in [1.807, 2.05) is 0 Å². The lowest BCUT2D eigenvalue weighted by atomic mass is 10.3. The van der Waals surface area contributed by atoms with Crippen LogP contribution in [0.15, 0.2) is 23.4 Å². The van der Waals surface area contributed by atoms with Crippen LogP contribution in [0.1, 0.15) is 31.1 Å². The molecule has 7 heteroatoms. The number of hydrogen-bond donors (Lipinski definition) is 1. The van der Waals surface area contributed by atoms with E-state index < -0.39 is 20.6 Å². The molecule has 0 saturated carbocycles. The molecule has 1 heterocycles. The fraction of sp³-hybridized carbons (Fsp3) is 0.500. The minimum absolute atomic E-state index is 0.00317. The number of pyridine rings is 1. The van der Waals surface area contributed by atoms with Gasteiger partial charge in [-0.1, -0.05) is 0 Å². The average molecular weight is 303 g/mol. The zero-order valence-corrected chi connectivity index (χ0v) is 12.7. The monoisotopic (exact) mass is 303 g/mol. The maximum atomic E-state index is 11.9. The molecule has 1 rings (SSSR count). The molecule has 0 bridgehead atoms. The summed E-state index contributed by atoms with van der Waals surface area (Å²) in [5.41, 5.74) is 0.0978. The highest BCUT2D eigenvalue weighted by Crippen LogP contribution is 2.23. The highest BCUT2D eigenvalue weighted by molar-refractivity contribution is 8.00. The van der Waals surface area contributed by atoms with Crippen molar-refractivity contribution >= 4 is 27.6 Å². The van der Waals surface area contributed by atoms with E-state index in [1.54, 1.807) is 26.8 Å². The summed E-state index contributed by atoms with van der Waals surface area (Å²) in [7, 11) is -3.20. The average Bonchev–Trinajstić information content (AvgIpc) is 2.27. The topological polar surface area (TPSA) is 84.3 Å². The van der Waals surface area contributed by atoms with E-state index in [9.17, 15) is 13.2 Å². The molecule has 0 fully saturated rings. The molecule has 1 aromatic heterocycles. The normalized spacial score (nSPS) is 12.4. The van der Waals surface area contributed by atoms with Gasteiger partial charge in [0.2, 0.25) is 0 Å². The summed E-state index contributed by atoms with van der Waals surface area (Å²) < 4.78 is 23.0. The SMILES string of the molecule is CC(C)(C)S(=O)(=O)CCSc1ncccc1C(=O)O. The van der Waals surface area contributed by atoms with Gasteiger partial charge in [-0.3, -0.25) is 0 Å². The summed E-state index contributed by atoms with van der Waals surface area (Å²) in [6, 6.07) is 3.00. The zero-order valence-electron chi connectivity index (χ0n) is 11.1. The second-order valence-corrected chi connectivity index (χ2v) is 8.89. The highest BCUT2D eigenvalue weighted by Gasteiger charge is 2.28. The van der Waals surface area contributed by atoms with Crippen molar-refractivity contribution in [3.63, 3.8) is 0 Å². The number of carboxylic acids is 1. The Balaban J connectivity index is 2.72. The Morgan fingerprint density at radius 3 is 2.58 bits per heavy atom. The number of thioether (sulfide) groups is 1. The summed E-state index contributed by atoms with van der Waals surface area (Å²) in [5, 5.41) is 9.33. The smallest absolute Gasteiger partial charge is 0.338 e. The van der Waals surface area contributed by atoms with Crippen molar-refractivity contribution in [2.45, 2.75) is 30.5 Å². The van der Waals surface area contributed by atoms with Crippen molar-refractivity contribution in [2.24, 2.45) is 0 Å². The number of rotatable bonds is 5. The lowest BCUT2D eigenvalue weighted by molar-refractivity contribution is 0.0692. The van der Waals surface area contributed by atoms with Gasteiger partial charge in [0.1, 0.15) is 5.03 Å². The molecule has 0 aromatic carbocycles. The van der Waals surface area contributed by atoms with Gasteiger partial charge < -0.3 is 5.11 Å². The molecule has 0 unspecified atom stereocenters. The second-order valence-electron chi connectivity index (χ2n) is 4.94. The van der Waals surface area contributed by atoms with Crippen molar-refractivity contribution in [2.75, 3.05) is 11.5 Å². The van der Waals surface area contributed by atoms with Crippen molar-refractivity contribution in [3.8, 4) is 0 Å². The molecule has 19 heavy (non-hydrogen) atoms. The molecule has 0 atom stereocenters. The van der Waals surface area contributed by atoms with Crippen LogP contribution in [0.5, 0.6) is 0 Å². The summed E-state index contributed by atoms with van der Waals surface area (Å²) in [4.78, 5) is 14.9. The lowest BCUT2D eigenvalue weighted by Gasteiger charge is -2.18. The number of aromatic nitrogens is 1. The molecule has 0 radical (unpaired) electrons. The maximum Gasteiger partial charge on any atom is 0.338 e. The fourth-order valence-corrected chi connectivity index (χ4v) is 3.69. The van der Waals surface area contributed by atoms with Gasteiger partial charge in [0.15, 0.2) is 9.84 Å². The predicted octanol–water partition coefficient (Wildman–Crippen LogP) is 2.09. The van der Waals surface area contributed by atoms with Crippen LogP contribution in [0.2, 0.25) is 0 Å². The first-order valence-corrected chi connectivity index (χ1v) is 8.32. The number of carboxylic acid groups (broad SMARTS) is 1. The van der Waals surface area contributed by atoms with Crippen molar-refractivity contribution < 1.29 is 18.3 Å². The highest BCUT2D eigenvalue weighted by atomic mass is 32.2. The van der Waals surface area contributed by atoms with E-state index in [2.05, 4.69) is 4.98 Å². The minimum Gasteiger partial charge on any atom is -0.478 e. The van der Waals surface area contributed by atoms with Crippen LogP contribution < -0.4 is 0 Å². The van der Waals surface area contributed by atoms with Crippen molar-refractivity contribution in [1.29, 1.82) is 0 Å². The molecule has 0 aliphatic heterocycles. The molecule has 0 amide bonds. The molecule has 0 aliphatic rings. The van der Waals surface area contributed by atoms with Gasteiger partial charge in [0, 0.05) is 11.9 Å². The van der Waals surface area contributed by atoms with E-state index in [0.29, 0.717) is 5.03 Å². The van der Waals surface area contributed by atoms with Gasteiger partial charge in [-0.05, 0) is 32.9 Å². The van der Waals surface area contributed by atoms with E-state index in [1.165, 1.54) is 12.3 Å². The third-order valence-corrected chi connectivity index (χ3v) is 6.40. The van der Waals surface area contributed by atoms with Gasteiger partial charge in [-0.15, -0.1) is 11.8 Å². The minimum atomic E-state index is -3.20. The molecular formula is C12H17NO4S2. The van der Waals surface area contributed by atoms with Crippen molar-refractivity contribution in [1.82, 2.24) is 4.98 Å². The largest absolute Gasteiger partial charge is 0.478 e. The fourth-order valence-electron chi connectivity index (χ4n) is 1.22. The molecule has 0 saturated heterocycles. The van der Waals surface area contributed by atoms with Crippen molar-refractivity contribution in [3.05, 3.63) is 23.9 Å². The Hall–Kier alpha value is -1.08. The Bertz CT molecular complexity index is 561. The van der Waals surface area contributed by atoms with Crippen LogP contribution >= 0.6 is 11.8 Å². The number of nitrogens with zero attached hydrogens (tertiary/aromatic N) is 1. The number of sulfone groups is 1. The molecule has 0 spiro atoms. The van der Waals surface area contributed by atoms with Crippen LogP contribution in [0.3, 0.4) is 0 Å². The molecular weight excluding hydrogens is 286 g/mol. The van der Waals surface area contributed by atoms with Crippen LogP contribution in [-0.2, 0) is 9.84 Å². The summed E-state index contributed by atoms with van der Waals surface area (Å²) in [5.74, 6) is -0.775. The third-order valence-electron chi connectivity index (χ3n) is 2.53. The Morgan fingerprint density at radius 2 is 2.05 bits per heavy atom. The zero-order chi connectivity index (χ0) is 14.7. The Kier molecular flexibility index (Phi) is 4.98. The Labute approximate surface area is 117 Å². The molecule has 106 valence electrons.